The van der Waals surface area contributed by atoms with E-state index in [1.807, 2.05) is 0 Å². The highest BCUT2D eigenvalue weighted by atomic mass is 16.6. The summed E-state index contributed by atoms with van der Waals surface area (Å²) in [6.45, 7) is 9.03. The molecule has 0 unspecified atom stereocenters. The minimum atomic E-state index is -0.879. The molecule has 11 heteroatoms. The van der Waals surface area contributed by atoms with Gasteiger partial charge in [-0.1, -0.05) is 213 Å². The molecule has 0 rings (SSSR count). The number of amides is 2. The second-order valence-electron chi connectivity index (χ2n) is 18.6. The first-order valence-electron chi connectivity index (χ1n) is 27.7. The zero-order valence-corrected chi connectivity index (χ0v) is 42.7. The van der Waals surface area contributed by atoms with Crippen molar-refractivity contribution >= 4 is 18.0 Å². The number of nitrogens with one attached hydrogen (secondary N) is 2. The molecule has 3 N–H and O–H groups in total. The van der Waals surface area contributed by atoms with Crippen LogP contribution < -0.4 is 10.6 Å². The van der Waals surface area contributed by atoms with Crippen molar-refractivity contribution < 1.29 is 43.2 Å². The number of rotatable bonds is 55. The fraction of sp³-hybridized carbons (Fsp3) is 0.944. The van der Waals surface area contributed by atoms with Crippen LogP contribution in [0.4, 0.5) is 4.79 Å². The quantitative estimate of drug-likeness (QED) is 0.0508. The van der Waals surface area contributed by atoms with Crippen molar-refractivity contribution in [3.05, 3.63) is 0 Å². The van der Waals surface area contributed by atoms with Gasteiger partial charge in [-0.15, -0.1) is 0 Å². The Morgan fingerprint density at radius 1 is 0.385 bits per heavy atom. The molecule has 0 saturated heterocycles. The summed E-state index contributed by atoms with van der Waals surface area (Å²) in [7, 11) is 0. The van der Waals surface area contributed by atoms with E-state index in [1.54, 1.807) is 0 Å². The lowest BCUT2D eigenvalue weighted by Crippen LogP contribution is -2.32. The molecule has 0 fully saturated rings. The first kappa shape index (κ1) is 63.0. The summed E-state index contributed by atoms with van der Waals surface area (Å²) in [4.78, 5) is 35.1. The van der Waals surface area contributed by atoms with Crippen molar-refractivity contribution in [1.82, 2.24) is 10.6 Å². The smallest absolute Gasteiger partial charge is 0.407 e. The van der Waals surface area contributed by atoms with Crippen LogP contribution in [0, 0.1) is 0 Å². The molecule has 0 saturated carbocycles. The minimum absolute atomic E-state index is 0.0111. The molecule has 0 aliphatic heterocycles. The predicted octanol–water partition coefficient (Wildman–Crippen LogP) is 14.2. The van der Waals surface area contributed by atoms with Crippen LogP contribution in [-0.4, -0.2) is 95.1 Å². The van der Waals surface area contributed by atoms with Gasteiger partial charge in [-0.05, 0) is 32.1 Å². The van der Waals surface area contributed by atoms with Crippen molar-refractivity contribution in [2.75, 3.05) is 65.9 Å². The molecule has 2 amide bonds. The van der Waals surface area contributed by atoms with Gasteiger partial charge in [-0.3, -0.25) is 9.59 Å². The van der Waals surface area contributed by atoms with Gasteiger partial charge in [0.25, 0.3) is 0 Å². The Morgan fingerprint density at radius 2 is 0.785 bits per heavy atom. The van der Waals surface area contributed by atoms with E-state index in [9.17, 15) is 14.4 Å². The van der Waals surface area contributed by atoms with Crippen LogP contribution in [0.5, 0.6) is 0 Å². The highest BCUT2D eigenvalue weighted by Crippen LogP contribution is 2.16. The van der Waals surface area contributed by atoms with Crippen molar-refractivity contribution in [3.8, 4) is 0 Å². The maximum atomic E-state index is 12.5. The molecule has 0 aromatic rings. The van der Waals surface area contributed by atoms with Gasteiger partial charge in [0, 0.05) is 39.3 Å². The molecule has 0 spiro atoms. The third kappa shape index (κ3) is 54.5. The number of hydrogen-bond acceptors (Lipinski definition) is 8. The van der Waals surface area contributed by atoms with E-state index in [1.165, 1.54) is 193 Å². The minimum Gasteiger partial charge on any atom is -0.481 e. The van der Waals surface area contributed by atoms with Gasteiger partial charge in [-0.2, -0.15) is 0 Å². The second-order valence-corrected chi connectivity index (χ2v) is 18.6. The fourth-order valence-corrected chi connectivity index (χ4v) is 7.98. The van der Waals surface area contributed by atoms with Crippen LogP contribution >= 0.6 is 0 Å². The summed E-state index contributed by atoms with van der Waals surface area (Å²) < 4.78 is 28.4. The second kappa shape index (κ2) is 54.7. The molecule has 0 aromatic carbocycles. The van der Waals surface area contributed by atoms with Crippen molar-refractivity contribution in [1.29, 1.82) is 0 Å². The van der Waals surface area contributed by atoms with Crippen molar-refractivity contribution in [2.24, 2.45) is 0 Å². The summed E-state index contributed by atoms with van der Waals surface area (Å²) in [5.41, 5.74) is 0. The molecule has 11 nitrogen and oxygen atoms in total. The normalized spacial score (nSPS) is 11.8. The van der Waals surface area contributed by atoms with E-state index in [2.05, 4.69) is 24.5 Å². The Morgan fingerprint density at radius 3 is 1.26 bits per heavy atom. The van der Waals surface area contributed by atoms with Gasteiger partial charge in [0.2, 0.25) is 5.91 Å². The number of carbonyl (C=O) groups is 3. The van der Waals surface area contributed by atoms with E-state index in [0.29, 0.717) is 65.6 Å². The first-order valence-corrected chi connectivity index (χ1v) is 27.7. The third-order valence-corrected chi connectivity index (χ3v) is 12.2. The van der Waals surface area contributed by atoms with Gasteiger partial charge in [0.15, 0.2) is 0 Å². The number of carbonyl (C=O) groups excluding carboxylic acids is 2. The lowest BCUT2D eigenvalue weighted by atomic mass is 10.0. The van der Waals surface area contributed by atoms with Gasteiger partial charge in [-0.25, -0.2) is 4.79 Å². The highest BCUT2D eigenvalue weighted by molar-refractivity contribution is 5.75. The summed E-state index contributed by atoms with van der Waals surface area (Å²) in [5.74, 6) is -0.868. The van der Waals surface area contributed by atoms with Crippen LogP contribution in [0.25, 0.3) is 0 Å². The number of carboxylic acid groups (broad SMARTS) is 1. The summed E-state index contributed by atoms with van der Waals surface area (Å²) >= 11 is 0. The number of carboxylic acids is 1. The lowest BCUT2D eigenvalue weighted by Gasteiger charge is -2.18. The zero-order chi connectivity index (χ0) is 47.2. The van der Waals surface area contributed by atoms with Crippen LogP contribution in [0.1, 0.15) is 258 Å². The van der Waals surface area contributed by atoms with E-state index in [0.717, 1.165) is 32.1 Å². The highest BCUT2D eigenvalue weighted by Gasteiger charge is 2.13. The van der Waals surface area contributed by atoms with Crippen molar-refractivity contribution in [2.45, 2.75) is 264 Å². The van der Waals surface area contributed by atoms with Crippen LogP contribution in [0.15, 0.2) is 0 Å². The van der Waals surface area contributed by atoms with Gasteiger partial charge >= 0.3 is 12.1 Å². The molecular formula is C54H106N2O9. The van der Waals surface area contributed by atoms with Crippen LogP contribution in [0.2, 0.25) is 0 Å². The molecule has 0 aliphatic carbocycles. The topological polar surface area (TPSA) is 142 Å². The number of ether oxygens (including phenoxy) is 5. The fourth-order valence-electron chi connectivity index (χ4n) is 7.98. The van der Waals surface area contributed by atoms with Crippen molar-refractivity contribution in [3.63, 3.8) is 0 Å². The summed E-state index contributed by atoms with van der Waals surface area (Å²) in [6.07, 6.45) is 45.8. The molecule has 0 aromatic heterocycles. The third-order valence-electron chi connectivity index (χ3n) is 12.2. The lowest BCUT2D eigenvalue weighted by molar-refractivity contribution is -0.138. The Bertz CT molecular complexity index is 988. The molecule has 65 heavy (non-hydrogen) atoms. The van der Waals surface area contributed by atoms with E-state index < -0.39 is 12.1 Å². The monoisotopic (exact) mass is 927 g/mol. The maximum absolute atomic E-state index is 12.5. The molecular weight excluding hydrogens is 821 g/mol. The van der Waals surface area contributed by atoms with Crippen LogP contribution in [-0.2, 0) is 33.3 Å². The van der Waals surface area contributed by atoms with Gasteiger partial charge in [0.05, 0.1) is 32.8 Å². The number of aliphatic carboxylic acids is 1. The number of unbranched alkanes of at least 4 members (excludes halogenated alkanes) is 32. The predicted molar refractivity (Wildman–Crippen MR) is 269 cm³/mol. The van der Waals surface area contributed by atoms with E-state index in [4.69, 9.17) is 28.8 Å². The average molecular weight is 927 g/mol. The Balaban J connectivity index is 4.14. The molecule has 0 radical (unpaired) electrons. The summed E-state index contributed by atoms with van der Waals surface area (Å²) in [6, 6.07) is 0. The SMILES string of the molecule is CCCCCCCCCCCCCCCCCCOC[C@H](COC(=O)NCCCCCC(=O)NCCCOCCOCCC(=O)O)OCCCCCCCCCCCCCCCCCC. The average Bonchev–Trinajstić information content (AvgIpc) is 3.30. The number of alkyl carbamates (subject to hydrolysis) is 1. The van der Waals surface area contributed by atoms with Gasteiger partial charge in [0.1, 0.15) is 12.7 Å². The van der Waals surface area contributed by atoms with Gasteiger partial charge < -0.3 is 39.4 Å². The largest absolute Gasteiger partial charge is 0.481 e. The standard InChI is InChI=1S/C54H106N2O9/c1-3-5-7-9-11-13-15-17-19-21-23-25-27-29-31-36-43-63-49-51(64-45-37-32-30-28-26-24-22-20-18-16-14-12-10-8-6-4-2)50-65-54(60)56-41-35-33-34-39-52(57)55-42-38-44-61-47-48-62-46-40-53(58)59/h51H,3-50H2,1-2H3,(H,55,57)(H,56,60)(H,58,59)/t51-/m1/s1. The zero-order valence-electron chi connectivity index (χ0n) is 42.7. The molecule has 0 heterocycles. The maximum Gasteiger partial charge on any atom is 0.407 e. The molecule has 0 bridgehead atoms. The van der Waals surface area contributed by atoms with Crippen LogP contribution in [0.3, 0.4) is 0 Å². The van der Waals surface area contributed by atoms with E-state index in [-0.39, 0.29) is 31.6 Å². The molecule has 0 aliphatic rings. The molecule has 386 valence electrons. The Kier molecular flexibility index (Phi) is 53.0. The Hall–Kier alpha value is -1.95. The Labute approximate surface area is 400 Å². The number of hydrogen-bond donors (Lipinski definition) is 3. The summed E-state index contributed by atoms with van der Waals surface area (Å²) in [5, 5.41) is 14.3. The molecule has 1 atom stereocenters. The van der Waals surface area contributed by atoms with E-state index >= 15 is 0 Å². The first-order chi connectivity index (χ1) is 32.0.